The van der Waals surface area contributed by atoms with Gasteiger partial charge in [0.05, 0.1) is 26.9 Å². The van der Waals surface area contributed by atoms with Crippen LogP contribution in [0.2, 0.25) is 10.0 Å². The van der Waals surface area contributed by atoms with Crippen molar-refractivity contribution < 1.29 is 28.7 Å². The van der Waals surface area contributed by atoms with Crippen LogP contribution in [0.4, 0.5) is 5.13 Å². The molecule has 3 heterocycles. The van der Waals surface area contributed by atoms with Gasteiger partial charge in [-0.15, -0.1) is 0 Å². The summed E-state index contributed by atoms with van der Waals surface area (Å²) in [4.78, 5) is 32.7. The minimum absolute atomic E-state index is 0.129. The summed E-state index contributed by atoms with van der Waals surface area (Å²) < 4.78 is 18.5. The van der Waals surface area contributed by atoms with E-state index >= 15 is 0 Å². The van der Waals surface area contributed by atoms with Crippen molar-refractivity contribution in [3.8, 4) is 17.0 Å². The normalized spacial score (nSPS) is 21.6. The Hall–Kier alpha value is -3.34. The summed E-state index contributed by atoms with van der Waals surface area (Å²) in [6, 6.07) is 8.46. The SMILES string of the molecule is CCOc1cc(C(=O)O)cc2sc(N3CCC4(OC(=O)c5c(-c6c(Cl)cccc6Cl)noc5C5CC5)CC[C@H]3C4)nc12. The fraction of sp³-hybridized carbons (Fsp3) is 0.400. The van der Waals surface area contributed by atoms with Crippen LogP contribution < -0.4 is 9.64 Å². The summed E-state index contributed by atoms with van der Waals surface area (Å²) in [5.41, 5.74) is 1.32. The van der Waals surface area contributed by atoms with Gasteiger partial charge >= 0.3 is 11.9 Å². The molecule has 9 nitrogen and oxygen atoms in total. The fourth-order valence-electron chi connectivity index (χ4n) is 6.22. The number of aromatic nitrogens is 2. The first-order chi connectivity index (χ1) is 20.3. The van der Waals surface area contributed by atoms with Crippen LogP contribution in [-0.4, -0.2) is 52.0 Å². The minimum Gasteiger partial charge on any atom is -0.492 e. The molecule has 4 aromatic rings. The molecule has 218 valence electrons. The van der Waals surface area contributed by atoms with Crippen LogP contribution in [0.3, 0.4) is 0 Å². The second-order valence-electron chi connectivity index (χ2n) is 11.1. The fourth-order valence-corrected chi connectivity index (χ4v) is 7.92. The molecule has 2 aromatic heterocycles. The van der Waals surface area contributed by atoms with E-state index in [0.717, 1.165) is 35.5 Å². The number of carbonyl (C=O) groups excluding carboxylic acids is 1. The Bertz CT molecular complexity index is 1710. The molecule has 0 radical (unpaired) electrons. The summed E-state index contributed by atoms with van der Waals surface area (Å²) in [6.07, 6.45) is 4.72. The van der Waals surface area contributed by atoms with Crippen molar-refractivity contribution in [2.75, 3.05) is 18.1 Å². The number of carbonyl (C=O) groups is 2. The number of carboxylic acids is 1. The first-order valence-corrected chi connectivity index (χ1v) is 15.6. The maximum Gasteiger partial charge on any atom is 0.344 e. The molecule has 1 saturated heterocycles. The Labute approximate surface area is 255 Å². The number of ether oxygens (including phenoxy) is 2. The number of halogens is 2. The third kappa shape index (κ3) is 4.69. The zero-order valence-corrected chi connectivity index (χ0v) is 25.0. The zero-order valence-electron chi connectivity index (χ0n) is 22.7. The number of anilines is 1. The van der Waals surface area contributed by atoms with Gasteiger partial charge in [-0.25, -0.2) is 14.6 Å². The second kappa shape index (κ2) is 10.4. The number of fused-ring (bicyclic) bond motifs is 3. The van der Waals surface area contributed by atoms with Gasteiger partial charge in [0.1, 0.15) is 28.1 Å². The average Bonchev–Trinajstić information content (AvgIpc) is 3.42. The third-order valence-electron chi connectivity index (χ3n) is 8.41. The topological polar surface area (TPSA) is 115 Å². The van der Waals surface area contributed by atoms with Crippen LogP contribution in [0.25, 0.3) is 21.5 Å². The lowest BCUT2D eigenvalue weighted by atomic mass is 9.93. The minimum atomic E-state index is -1.01. The van der Waals surface area contributed by atoms with Crippen molar-refractivity contribution in [1.29, 1.82) is 0 Å². The number of esters is 1. The van der Waals surface area contributed by atoms with E-state index in [4.69, 9.17) is 42.2 Å². The number of benzene rings is 2. The molecular weight excluding hydrogens is 601 g/mol. The van der Waals surface area contributed by atoms with Gasteiger partial charge in [0, 0.05) is 36.9 Å². The molecule has 2 aromatic carbocycles. The Balaban J connectivity index is 1.15. The summed E-state index contributed by atoms with van der Waals surface area (Å²) in [7, 11) is 0. The largest absolute Gasteiger partial charge is 0.492 e. The predicted octanol–water partition coefficient (Wildman–Crippen LogP) is 7.59. The number of aromatic carboxylic acids is 1. The Morgan fingerprint density at radius 3 is 2.69 bits per heavy atom. The van der Waals surface area contributed by atoms with Crippen LogP contribution in [0.1, 0.15) is 77.8 Å². The Morgan fingerprint density at radius 2 is 1.98 bits per heavy atom. The molecule has 0 amide bonds. The van der Waals surface area contributed by atoms with Crippen LogP contribution in [0.5, 0.6) is 5.75 Å². The smallest absolute Gasteiger partial charge is 0.344 e. The number of piperidine rings is 1. The van der Waals surface area contributed by atoms with Crippen LogP contribution in [-0.2, 0) is 4.74 Å². The highest BCUT2D eigenvalue weighted by atomic mass is 35.5. The lowest BCUT2D eigenvalue weighted by Crippen LogP contribution is -2.46. The highest BCUT2D eigenvalue weighted by molar-refractivity contribution is 7.22. The molecule has 3 fully saturated rings. The molecule has 1 unspecified atom stereocenters. The van der Waals surface area contributed by atoms with E-state index in [2.05, 4.69) is 10.1 Å². The van der Waals surface area contributed by atoms with Crippen molar-refractivity contribution in [2.24, 2.45) is 0 Å². The van der Waals surface area contributed by atoms with Crippen molar-refractivity contribution in [3.05, 3.63) is 57.3 Å². The molecule has 3 aliphatic rings. The van der Waals surface area contributed by atoms with Gasteiger partial charge in [-0.05, 0) is 56.9 Å². The highest BCUT2D eigenvalue weighted by Gasteiger charge is 2.50. The Morgan fingerprint density at radius 1 is 1.19 bits per heavy atom. The van der Waals surface area contributed by atoms with Crippen molar-refractivity contribution in [2.45, 2.75) is 63.0 Å². The molecular formula is C30H27Cl2N3O6S. The molecule has 2 atom stereocenters. The van der Waals surface area contributed by atoms with E-state index < -0.39 is 17.5 Å². The van der Waals surface area contributed by atoms with Crippen LogP contribution in [0, 0.1) is 0 Å². The van der Waals surface area contributed by atoms with Crippen molar-refractivity contribution in [3.63, 3.8) is 0 Å². The Kier molecular flexibility index (Phi) is 6.83. The van der Waals surface area contributed by atoms with Crippen molar-refractivity contribution >= 4 is 61.8 Å². The average molecular weight is 629 g/mol. The van der Waals surface area contributed by atoms with Gasteiger partial charge in [0.2, 0.25) is 0 Å². The number of thiazole rings is 1. The van der Waals surface area contributed by atoms with Gasteiger partial charge in [-0.2, -0.15) is 0 Å². The number of hydrogen-bond acceptors (Lipinski definition) is 9. The summed E-state index contributed by atoms with van der Waals surface area (Å²) >= 11 is 14.4. The molecule has 2 saturated carbocycles. The maximum atomic E-state index is 13.9. The summed E-state index contributed by atoms with van der Waals surface area (Å²) in [5, 5.41) is 15.4. The van der Waals surface area contributed by atoms with E-state index in [0.29, 0.717) is 69.9 Å². The quantitative estimate of drug-likeness (QED) is 0.197. The molecule has 1 aliphatic heterocycles. The van der Waals surface area contributed by atoms with Crippen LogP contribution >= 0.6 is 34.5 Å². The highest BCUT2D eigenvalue weighted by Crippen LogP contribution is 2.49. The number of rotatable bonds is 8. The van der Waals surface area contributed by atoms with E-state index in [1.54, 1.807) is 24.3 Å². The third-order valence-corrected chi connectivity index (χ3v) is 10.1. The van der Waals surface area contributed by atoms with E-state index in [1.165, 1.54) is 17.4 Å². The maximum absolute atomic E-state index is 13.9. The molecule has 12 heteroatoms. The standard InChI is InChI=1S/C30H27Cl2N3O6S/c1-2-39-20-12-16(27(36)37)13-21-24(20)33-29(42-21)35-11-10-30(9-8-17(35)14-30)40-28(38)23-25(34-41-26(23)15-6-7-15)22-18(31)4-3-5-19(22)32/h3-5,12-13,15,17H,2,6-11,14H2,1H3,(H,36,37)/t17-,30?/m0/s1. The van der Waals surface area contributed by atoms with Gasteiger partial charge in [-0.3, -0.25) is 0 Å². The van der Waals surface area contributed by atoms with Gasteiger partial charge in [0.15, 0.2) is 10.9 Å². The van der Waals surface area contributed by atoms with Crippen molar-refractivity contribution in [1.82, 2.24) is 10.1 Å². The van der Waals surface area contributed by atoms with E-state index in [9.17, 15) is 14.7 Å². The van der Waals surface area contributed by atoms with Crippen LogP contribution in [0.15, 0.2) is 34.9 Å². The lowest BCUT2D eigenvalue weighted by molar-refractivity contribution is -0.0231. The molecule has 0 spiro atoms. The predicted molar refractivity (Wildman–Crippen MR) is 159 cm³/mol. The monoisotopic (exact) mass is 627 g/mol. The van der Waals surface area contributed by atoms with Gasteiger partial charge in [0.25, 0.3) is 0 Å². The van der Waals surface area contributed by atoms with Gasteiger partial charge in [-0.1, -0.05) is 45.8 Å². The van der Waals surface area contributed by atoms with E-state index in [-0.39, 0.29) is 17.5 Å². The molecule has 2 aliphatic carbocycles. The summed E-state index contributed by atoms with van der Waals surface area (Å²) in [6.45, 7) is 2.91. The first-order valence-electron chi connectivity index (χ1n) is 14.0. The number of hydrogen-bond donors (Lipinski definition) is 1. The zero-order chi connectivity index (χ0) is 29.2. The molecule has 7 rings (SSSR count). The number of nitrogens with zero attached hydrogens (tertiary/aromatic N) is 3. The van der Waals surface area contributed by atoms with Gasteiger partial charge < -0.3 is 24.0 Å². The lowest BCUT2D eigenvalue weighted by Gasteiger charge is -2.39. The number of carboxylic acid groups (broad SMARTS) is 1. The molecule has 1 N–H and O–H groups in total. The first kappa shape index (κ1) is 27.5. The summed E-state index contributed by atoms with van der Waals surface area (Å²) in [5.74, 6) is -0.328. The van der Waals surface area contributed by atoms with E-state index in [1.807, 2.05) is 6.92 Å². The molecule has 42 heavy (non-hydrogen) atoms. The second-order valence-corrected chi connectivity index (χ2v) is 12.9. The molecule has 2 bridgehead atoms.